The lowest BCUT2D eigenvalue weighted by molar-refractivity contribution is -0.116. The van der Waals surface area contributed by atoms with Crippen LogP contribution in [0.1, 0.15) is 17.7 Å². The Kier molecular flexibility index (Phi) is 3.80. The number of carbonyl (C=O) groups excluding carboxylic acids is 1. The molecule has 1 aliphatic rings. The highest BCUT2D eigenvalue weighted by atomic mass is 32.2. The number of aromatic nitrogens is 3. The smallest absolute Gasteiger partial charge is 0.227 e. The van der Waals surface area contributed by atoms with Gasteiger partial charge in [0.25, 0.3) is 0 Å². The molecule has 5 nitrogen and oxygen atoms in total. The molecule has 0 radical (unpaired) electrons. The zero-order valence-corrected chi connectivity index (χ0v) is 14.1. The molecule has 0 atom stereocenters. The van der Waals surface area contributed by atoms with Gasteiger partial charge in [0.15, 0.2) is 0 Å². The van der Waals surface area contributed by atoms with Gasteiger partial charge in [-0.05, 0) is 29.7 Å². The number of halogens is 1. The number of benzene rings is 1. The molecule has 4 rings (SSSR count). The first-order valence-corrected chi connectivity index (χ1v) is 8.94. The number of aryl methyl sites for hydroxylation is 2. The minimum Gasteiger partial charge on any atom is -0.347 e. The number of anilines is 1. The molecule has 124 valence electrons. The molecule has 0 saturated heterocycles. The number of nitrogens with one attached hydrogen (secondary N) is 1. The van der Waals surface area contributed by atoms with Crippen LogP contribution in [0, 0.1) is 5.82 Å². The van der Waals surface area contributed by atoms with Crippen LogP contribution in [-0.4, -0.2) is 20.3 Å². The van der Waals surface area contributed by atoms with Gasteiger partial charge >= 0.3 is 0 Å². The van der Waals surface area contributed by atoms with E-state index in [0.29, 0.717) is 13.0 Å². The molecule has 0 spiro atoms. The third-order valence-corrected chi connectivity index (χ3v) is 5.26. The van der Waals surface area contributed by atoms with E-state index in [-0.39, 0.29) is 11.7 Å². The summed E-state index contributed by atoms with van der Waals surface area (Å²) in [7, 11) is 1.85. The first-order chi connectivity index (χ1) is 11.6. The molecular weight excluding hydrogens is 327 g/mol. The van der Waals surface area contributed by atoms with Crippen molar-refractivity contribution in [1.82, 2.24) is 14.3 Å². The van der Waals surface area contributed by atoms with Crippen LogP contribution in [0.15, 0.2) is 30.5 Å². The minimum atomic E-state index is -0.269. The number of thioether (sulfide) groups is 1. The summed E-state index contributed by atoms with van der Waals surface area (Å²) in [4.78, 5) is 12.3. The Morgan fingerprint density at radius 3 is 3.12 bits per heavy atom. The largest absolute Gasteiger partial charge is 0.347 e. The van der Waals surface area contributed by atoms with E-state index in [4.69, 9.17) is 0 Å². The number of carbonyl (C=O) groups is 1. The molecule has 0 bridgehead atoms. The van der Waals surface area contributed by atoms with Gasteiger partial charge in [-0.3, -0.25) is 9.48 Å². The maximum atomic E-state index is 13.4. The van der Waals surface area contributed by atoms with Gasteiger partial charge in [0.2, 0.25) is 5.91 Å². The first kappa shape index (κ1) is 15.3. The van der Waals surface area contributed by atoms with E-state index >= 15 is 0 Å². The van der Waals surface area contributed by atoms with Crippen molar-refractivity contribution in [1.29, 1.82) is 0 Å². The molecule has 1 aromatic carbocycles. The van der Waals surface area contributed by atoms with Crippen LogP contribution in [0.4, 0.5) is 10.2 Å². The van der Waals surface area contributed by atoms with E-state index in [1.807, 2.05) is 23.9 Å². The van der Waals surface area contributed by atoms with Crippen molar-refractivity contribution in [2.45, 2.75) is 24.5 Å². The molecule has 3 heterocycles. The second-order valence-corrected chi connectivity index (χ2v) is 6.89. The Bertz CT molecular complexity index is 930. The fraction of sp³-hybridized carbons (Fsp3) is 0.294. The van der Waals surface area contributed by atoms with Crippen molar-refractivity contribution < 1.29 is 9.18 Å². The molecule has 3 aromatic rings. The molecule has 0 aliphatic carbocycles. The Hall–Kier alpha value is -2.28. The topological polar surface area (TPSA) is 51.9 Å². The summed E-state index contributed by atoms with van der Waals surface area (Å²) in [5.74, 6) is 2.26. The lowest BCUT2D eigenvalue weighted by atomic mass is 10.2. The molecule has 24 heavy (non-hydrogen) atoms. The summed E-state index contributed by atoms with van der Waals surface area (Å²) in [6, 6.07) is 6.62. The Morgan fingerprint density at radius 2 is 2.25 bits per heavy atom. The van der Waals surface area contributed by atoms with Crippen LogP contribution < -0.4 is 5.32 Å². The highest BCUT2D eigenvalue weighted by Crippen LogP contribution is 2.34. The van der Waals surface area contributed by atoms with Crippen molar-refractivity contribution in [2.75, 3.05) is 5.32 Å². The number of rotatable bonds is 4. The molecule has 0 fully saturated rings. The zero-order chi connectivity index (χ0) is 16.7. The van der Waals surface area contributed by atoms with Crippen molar-refractivity contribution in [3.8, 4) is 0 Å². The Morgan fingerprint density at radius 1 is 1.38 bits per heavy atom. The summed E-state index contributed by atoms with van der Waals surface area (Å²) in [6.45, 7) is 0.508. The highest BCUT2D eigenvalue weighted by molar-refractivity contribution is 7.98. The highest BCUT2D eigenvalue weighted by Gasteiger charge is 2.22. The van der Waals surface area contributed by atoms with E-state index in [2.05, 4.69) is 10.4 Å². The van der Waals surface area contributed by atoms with Crippen molar-refractivity contribution in [2.24, 2.45) is 7.05 Å². The second kappa shape index (κ2) is 5.98. The summed E-state index contributed by atoms with van der Waals surface area (Å²) in [6.07, 6.45) is 2.21. The summed E-state index contributed by atoms with van der Waals surface area (Å²) < 4.78 is 17.1. The SMILES string of the molecule is Cn1nc2c(c1NC(=O)CCn1ccc3ccc(F)cc31)CSC2. The maximum absolute atomic E-state index is 13.4. The standard InChI is InChI=1S/C17H17FN4OS/c1-21-17(13-9-24-10-14(13)20-21)19-16(23)5-7-22-6-4-11-2-3-12(18)8-15(11)22/h2-4,6,8H,5,7,9-10H2,1H3,(H,19,23). The van der Waals surface area contributed by atoms with E-state index in [1.54, 1.807) is 22.5 Å². The molecule has 7 heteroatoms. The predicted molar refractivity (Wildman–Crippen MR) is 93.3 cm³/mol. The zero-order valence-electron chi connectivity index (χ0n) is 13.3. The van der Waals surface area contributed by atoms with E-state index in [9.17, 15) is 9.18 Å². The summed E-state index contributed by atoms with van der Waals surface area (Å²) in [5.41, 5.74) is 3.00. The quantitative estimate of drug-likeness (QED) is 0.790. The monoisotopic (exact) mass is 344 g/mol. The Labute approximate surface area is 142 Å². The summed E-state index contributed by atoms with van der Waals surface area (Å²) >= 11 is 1.81. The van der Waals surface area contributed by atoms with Gasteiger partial charge in [-0.2, -0.15) is 16.9 Å². The lowest BCUT2D eigenvalue weighted by Crippen LogP contribution is -2.17. The normalized spacial score (nSPS) is 13.4. The van der Waals surface area contributed by atoms with Gasteiger partial charge in [0.05, 0.1) is 11.2 Å². The van der Waals surface area contributed by atoms with Gasteiger partial charge in [0.1, 0.15) is 11.6 Å². The Balaban J connectivity index is 1.46. The van der Waals surface area contributed by atoms with E-state index in [0.717, 1.165) is 39.5 Å². The first-order valence-electron chi connectivity index (χ1n) is 7.78. The molecule has 1 aliphatic heterocycles. The third-order valence-electron chi connectivity index (χ3n) is 4.29. The number of hydrogen-bond donors (Lipinski definition) is 1. The van der Waals surface area contributed by atoms with Crippen LogP contribution in [0.25, 0.3) is 10.9 Å². The van der Waals surface area contributed by atoms with Gasteiger partial charge < -0.3 is 9.88 Å². The predicted octanol–water partition coefficient (Wildman–Crippen LogP) is 3.29. The van der Waals surface area contributed by atoms with Gasteiger partial charge in [-0.25, -0.2) is 4.39 Å². The van der Waals surface area contributed by atoms with Crippen molar-refractivity contribution in [3.63, 3.8) is 0 Å². The number of nitrogens with zero attached hydrogens (tertiary/aromatic N) is 3. The molecule has 1 N–H and O–H groups in total. The summed E-state index contributed by atoms with van der Waals surface area (Å²) in [5, 5.41) is 8.38. The molecule has 0 unspecified atom stereocenters. The lowest BCUT2D eigenvalue weighted by Gasteiger charge is -2.09. The van der Waals surface area contributed by atoms with Crippen molar-refractivity contribution in [3.05, 3.63) is 47.5 Å². The van der Waals surface area contributed by atoms with Crippen molar-refractivity contribution >= 4 is 34.4 Å². The third kappa shape index (κ3) is 2.69. The van der Waals surface area contributed by atoms with Crippen LogP contribution in [-0.2, 0) is 29.9 Å². The molecular formula is C17H17FN4OS. The molecule has 0 saturated carbocycles. The minimum absolute atomic E-state index is 0.0593. The number of amides is 1. The van der Waals surface area contributed by atoms with Crippen LogP contribution in [0.2, 0.25) is 0 Å². The molecule has 1 amide bonds. The van der Waals surface area contributed by atoms with Crippen LogP contribution >= 0.6 is 11.8 Å². The van der Waals surface area contributed by atoms with Crippen LogP contribution in [0.5, 0.6) is 0 Å². The average Bonchev–Trinajstić information content (AvgIpc) is 3.22. The van der Waals surface area contributed by atoms with Gasteiger partial charge in [-0.1, -0.05) is 0 Å². The van der Waals surface area contributed by atoms with Gasteiger partial charge in [-0.15, -0.1) is 0 Å². The van der Waals surface area contributed by atoms with Crippen LogP contribution in [0.3, 0.4) is 0 Å². The number of hydrogen-bond acceptors (Lipinski definition) is 3. The molecule has 2 aromatic heterocycles. The van der Waals surface area contributed by atoms with E-state index in [1.165, 1.54) is 12.1 Å². The average molecular weight is 344 g/mol. The number of fused-ring (bicyclic) bond motifs is 2. The maximum Gasteiger partial charge on any atom is 0.227 e. The van der Waals surface area contributed by atoms with Gasteiger partial charge in [0, 0.05) is 43.3 Å². The fourth-order valence-corrected chi connectivity index (χ4v) is 4.10. The van der Waals surface area contributed by atoms with E-state index < -0.39 is 0 Å². The second-order valence-electron chi connectivity index (χ2n) is 5.90. The fourth-order valence-electron chi connectivity index (χ4n) is 3.07.